The molecule has 0 saturated carbocycles. The van der Waals surface area contributed by atoms with Crippen LogP contribution in [0.3, 0.4) is 0 Å². The molecule has 27 heavy (non-hydrogen) atoms. The van der Waals surface area contributed by atoms with Crippen LogP contribution in [-0.2, 0) is 0 Å². The fourth-order valence-corrected chi connectivity index (χ4v) is 3.59. The molecule has 7 heteroatoms. The molecule has 0 unspecified atom stereocenters. The van der Waals surface area contributed by atoms with E-state index in [4.69, 9.17) is 12.2 Å². The second kappa shape index (κ2) is 9.48. The zero-order valence-electron chi connectivity index (χ0n) is 15.2. The molecule has 0 spiro atoms. The van der Waals surface area contributed by atoms with Crippen LogP contribution in [0.4, 0.5) is 11.4 Å². The maximum Gasteiger partial charge on any atom is 0.257 e. The number of anilines is 2. The molecule has 2 aromatic rings. The van der Waals surface area contributed by atoms with Crippen molar-refractivity contribution in [2.75, 3.05) is 42.9 Å². The number of nitrogens with zero attached hydrogens (tertiary/aromatic N) is 2. The van der Waals surface area contributed by atoms with Crippen molar-refractivity contribution in [2.45, 2.75) is 6.92 Å². The van der Waals surface area contributed by atoms with Gasteiger partial charge in [0.25, 0.3) is 5.91 Å². The second-order valence-electron chi connectivity index (χ2n) is 6.38. The summed E-state index contributed by atoms with van der Waals surface area (Å²) in [5.74, 6) is -0.214. The lowest BCUT2D eigenvalue weighted by molar-refractivity contribution is 0.0977. The first-order chi connectivity index (χ1) is 13.0. The van der Waals surface area contributed by atoms with Gasteiger partial charge in [0.1, 0.15) is 0 Å². The number of likely N-dealkylation sites (N-methyl/N-ethyl adjacent to an activating group) is 1. The first kappa shape index (κ1) is 20.0. The second-order valence-corrected chi connectivity index (χ2v) is 8.04. The summed E-state index contributed by atoms with van der Waals surface area (Å²) in [5, 5.41) is 6.08. The van der Waals surface area contributed by atoms with E-state index in [-0.39, 0.29) is 5.91 Å². The molecule has 1 aliphatic heterocycles. The van der Waals surface area contributed by atoms with Crippen molar-refractivity contribution in [1.82, 2.24) is 10.2 Å². The molecule has 1 amide bonds. The smallest absolute Gasteiger partial charge is 0.257 e. The normalized spacial score (nSPS) is 14.7. The van der Waals surface area contributed by atoms with Gasteiger partial charge in [0.05, 0.1) is 0 Å². The Morgan fingerprint density at radius 2 is 1.67 bits per heavy atom. The number of amides is 1. The zero-order chi connectivity index (χ0) is 19.2. The van der Waals surface area contributed by atoms with Gasteiger partial charge >= 0.3 is 0 Å². The van der Waals surface area contributed by atoms with Crippen LogP contribution in [0.25, 0.3) is 0 Å². The SMILES string of the molecule is CCN1CCN(c2ccc(NC(=S)NC(=O)c3ccc(I)cc3)cc2)CC1. The topological polar surface area (TPSA) is 47.6 Å². The van der Waals surface area contributed by atoms with E-state index in [9.17, 15) is 4.79 Å². The fourth-order valence-electron chi connectivity index (χ4n) is 3.02. The molecule has 1 fully saturated rings. The summed E-state index contributed by atoms with van der Waals surface area (Å²) in [7, 11) is 0. The third kappa shape index (κ3) is 5.63. The Morgan fingerprint density at radius 3 is 2.26 bits per heavy atom. The van der Waals surface area contributed by atoms with Crippen LogP contribution in [0.15, 0.2) is 48.5 Å². The monoisotopic (exact) mass is 494 g/mol. The van der Waals surface area contributed by atoms with Gasteiger partial charge in [-0.2, -0.15) is 0 Å². The predicted octanol–water partition coefficient (Wildman–Crippen LogP) is 3.56. The van der Waals surface area contributed by atoms with Crippen LogP contribution in [-0.4, -0.2) is 48.6 Å². The molecule has 0 aromatic heterocycles. The van der Waals surface area contributed by atoms with E-state index >= 15 is 0 Å². The molecule has 0 atom stereocenters. The average Bonchev–Trinajstić information content (AvgIpc) is 2.69. The average molecular weight is 494 g/mol. The van der Waals surface area contributed by atoms with Crippen molar-refractivity contribution in [3.8, 4) is 0 Å². The molecular weight excluding hydrogens is 471 g/mol. The highest BCUT2D eigenvalue weighted by Gasteiger charge is 2.15. The van der Waals surface area contributed by atoms with Gasteiger partial charge in [-0.1, -0.05) is 6.92 Å². The van der Waals surface area contributed by atoms with Crippen LogP contribution >= 0.6 is 34.8 Å². The number of halogens is 1. The molecule has 3 rings (SSSR count). The van der Waals surface area contributed by atoms with E-state index in [2.05, 4.69) is 62.1 Å². The lowest BCUT2D eigenvalue weighted by atomic mass is 10.2. The molecule has 5 nitrogen and oxygen atoms in total. The predicted molar refractivity (Wildman–Crippen MR) is 124 cm³/mol. The van der Waals surface area contributed by atoms with Gasteiger partial charge in [0.15, 0.2) is 5.11 Å². The largest absolute Gasteiger partial charge is 0.369 e. The van der Waals surface area contributed by atoms with E-state index < -0.39 is 0 Å². The van der Waals surface area contributed by atoms with Gasteiger partial charge in [0, 0.05) is 46.7 Å². The van der Waals surface area contributed by atoms with Gasteiger partial charge < -0.3 is 15.1 Å². The van der Waals surface area contributed by atoms with Crippen LogP contribution in [0.5, 0.6) is 0 Å². The van der Waals surface area contributed by atoms with E-state index in [0.717, 1.165) is 42.0 Å². The Morgan fingerprint density at radius 1 is 1.04 bits per heavy atom. The Balaban J connectivity index is 1.52. The Kier molecular flexibility index (Phi) is 7.03. The van der Waals surface area contributed by atoms with Crippen molar-refractivity contribution in [3.05, 3.63) is 57.7 Å². The lowest BCUT2D eigenvalue weighted by Crippen LogP contribution is -2.46. The summed E-state index contributed by atoms with van der Waals surface area (Å²) >= 11 is 7.47. The van der Waals surface area contributed by atoms with Crippen LogP contribution in [0.2, 0.25) is 0 Å². The Hall–Kier alpha value is -1.71. The minimum Gasteiger partial charge on any atom is -0.369 e. The first-order valence-corrected chi connectivity index (χ1v) is 10.5. The Bertz CT molecular complexity index is 787. The zero-order valence-corrected chi connectivity index (χ0v) is 18.2. The quantitative estimate of drug-likeness (QED) is 0.503. The molecule has 142 valence electrons. The minimum atomic E-state index is -0.214. The summed E-state index contributed by atoms with van der Waals surface area (Å²) in [6.45, 7) is 7.62. The highest BCUT2D eigenvalue weighted by Crippen LogP contribution is 2.19. The van der Waals surface area contributed by atoms with Gasteiger partial charge in [-0.25, -0.2) is 0 Å². The lowest BCUT2D eigenvalue weighted by Gasteiger charge is -2.35. The summed E-state index contributed by atoms with van der Waals surface area (Å²) in [4.78, 5) is 17.1. The number of carbonyl (C=O) groups excluding carboxylic acids is 1. The molecule has 1 saturated heterocycles. The van der Waals surface area contributed by atoms with Crippen molar-refractivity contribution in [3.63, 3.8) is 0 Å². The summed E-state index contributed by atoms with van der Waals surface area (Å²) < 4.78 is 1.08. The van der Waals surface area contributed by atoms with Crippen LogP contribution < -0.4 is 15.5 Å². The van der Waals surface area contributed by atoms with E-state index in [1.807, 2.05) is 24.3 Å². The standard InChI is InChI=1S/C20H23IN4OS/c1-2-24-11-13-25(14-12-24)18-9-7-17(8-10-18)22-20(27)23-19(26)15-3-5-16(21)6-4-15/h3-10H,2,11-14H2,1H3,(H2,22,23,26,27). The third-order valence-electron chi connectivity index (χ3n) is 4.64. The van der Waals surface area contributed by atoms with Crippen LogP contribution in [0.1, 0.15) is 17.3 Å². The summed E-state index contributed by atoms with van der Waals surface area (Å²) in [5.41, 5.74) is 2.66. The molecule has 1 aliphatic rings. The first-order valence-electron chi connectivity index (χ1n) is 9.00. The van der Waals surface area contributed by atoms with Crippen molar-refractivity contribution in [1.29, 1.82) is 0 Å². The van der Waals surface area contributed by atoms with Gasteiger partial charge in [-0.3, -0.25) is 10.1 Å². The molecule has 2 aromatic carbocycles. The van der Waals surface area contributed by atoms with E-state index in [0.29, 0.717) is 10.7 Å². The van der Waals surface area contributed by atoms with Crippen molar-refractivity contribution in [2.24, 2.45) is 0 Å². The Labute approximate surface area is 179 Å². The number of hydrogen-bond donors (Lipinski definition) is 2. The molecule has 0 radical (unpaired) electrons. The number of hydrogen-bond acceptors (Lipinski definition) is 4. The maximum absolute atomic E-state index is 12.2. The third-order valence-corrected chi connectivity index (χ3v) is 5.57. The summed E-state index contributed by atoms with van der Waals surface area (Å²) in [6, 6.07) is 15.5. The maximum atomic E-state index is 12.2. The molecule has 2 N–H and O–H groups in total. The molecule has 0 bridgehead atoms. The van der Waals surface area contributed by atoms with Crippen molar-refractivity contribution >= 4 is 57.2 Å². The molecule has 0 aliphatic carbocycles. The highest BCUT2D eigenvalue weighted by atomic mass is 127. The molecular formula is C20H23IN4OS. The number of rotatable bonds is 4. The number of thiocarbonyl (C=S) groups is 1. The minimum absolute atomic E-state index is 0.214. The number of carbonyl (C=O) groups is 1. The van der Waals surface area contributed by atoms with Gasteiger partial charge in [0.2, 0.25) is 0 Å². The van der Waals surface area contributed by atoms with E-state index in [1.54, 1.807) is 12.1 Å². The van der Waals surface area contributed by atoms with Gasteiger partial charge in [-0.15, -0.1) is 0 Å². The van der Waals surface area contributed by atoms with E-state index in [1.165, 1.54) is 5.69 Å². The number of benzene rings is 2. The number of piperazine rings is 1. The van der Waals surface area contributed by atoms with Crippen molar-refractivity contribution < 1.29 is 4.79 Å². The summed E-state index contributed by atoms with van der Waals surface area (Å²) in [6.07, 6.45) is 0. The van der Waals surface area contributed by atoms with Gasteiger partial charge in [-0.05, 0) is 89.9 Å². The molecule has 1 heterocycles. The number of nitrogens with one attached hydrogen (secondary N) is 2. The van der Waals surface area contributed by atoms with Crippen LogP contribution in [0, 0.1) is 3.57 Å². The fraction of sp³-hybridized carbons (Fsp3) is 0.300. The highest BCUT2D eigenvalue weighted by molar-refractivity contribution is 14.1.